The van der Waals surface area contributed by atoms with Crippen molar-refractivity contribution in [2.45, 2.75) is 0 Å². The van der Waals surface area contributed by atoms with E-state index in [1.54, 1.807) is 22.7 Å². The lowest BCUT2D eigenvalue weighted by Crippen LogP contribution is -2.11. The van der Waals surface area contributed by atoms with Gasteiger partial charge in [0.05, 0.1) is 0 Å². The van der Waals surface area contributed by atoms with Crippen molar-refractivity contribution in [3.8, 4) is 0 Å². The number of hydrogen-bond acceptors (Lipinski definition) is 3. The molecule has 2 aromatic heterocycles. The number of aromatic nitrogens is 2. The number of nitrogen functional groups attached to an aromatic ring is 1. The predicted octanol–water partition coefficient (Wildman–Crippen LogP) is 1.04. The Labute approximate surface area is 82.1 Å². The van der Waals surface area contributed by atoms with Crippen LogP contribution in [0.1, 0.15) is 0 Å². The molecule has 0 unspecified atom stereocenters. The van der Waals surface area contributed by atoms with Gasteiger partial charge in [-0.25, -0.2) is 0 Å². The molecule has 0 aliphatic heterocycles. The zero-order chi connectivity index (χ0) is 9.42. The minimum Gasteiger partial charge on any atom is -0.385 e. The van der Waals surface area contributed by atoms with Crippen molar-refractivity contribution < 1.29 is 0 Å². The van der Waals surface area contributed by atoms with Crippen molar-refractivity contribution in [3.63, 3.8) is 0 Å². The third kappa shape index (κ3) is 1.42. The molecule has 0 aliphatic carbocycles. The molecule has 2 heterocycles. The van der Waals surface area contributed by atoms with E-state index in [0.717, 1.165) is 4.47 Å². The van der Waals surface area contributed by atoms with Crippen molar-refractivity contribution in [2.24, 2.45) is 0 Å². The van der Waals surface area contributed by atoms with Crippen molar-refractivity contribution in [1.82, 2.24) is 9.38 Å². The third-order valence-electron chi connectivity index (χ3n) is 1.67. The molecule has 5 heteroatoms. The van der Waals surface area contributed by atoms with Crippen LogP contribution in [-0.2, 0) is 0 Å². The van der Waals surface area contributed by atoms with Crippen LogP contribution in [0.5, 0.6) is 0 Å². The van der Waals surface area contributed by atoms with Gasteiger partial charge in [-0.05, 0) is 28.1 Å². The molecular weight excluding hydrogens is 234 g/mol. The van der Waals surface area contributed by atoms with E-state index >= 15 is 0 Å². The fourth-order valence-electron chi connectivity index (χ4n) is 1.11. The summed E-state index contributed by atoms with van der Waals surface area (Å²) in [6, 6.07) is 4.82. The molecule has 0 spiro atoms. The van der Waals surface area contributed by atoms with Crippen molar-refractivity contribution >= 4 is 27.4 Å². The standard InChI is InChI=1S/C8H6BrN3O/c9-5-1-2-7-11-8(13)3-6(10)12(7)4-5/h1-4H,10H2. The lowest BCUT2D eigenvalue weighted by Gasteiger charge is -2.03. The first-order chi connectivity index (χ1) is 6.16. The van der Waals surface area contributed by atoms with Gasteiger partial charge in [0, 0.05) is 16.7 Å². The normalized spacial score (nSPS) is 10.5. The Kier molecular flexibility index (Phi) is 1.81. The SMILES string of the molecule is Nc1cc(=O)nc2ccc(Br)cn12. The van der Waals surface area contributed by atoms with Crippen molar-refractivity contribution in [3.05, 3.63) is 39.2 Å². The zero-order valence-electron chi connectivity index (χ0n) is 6.57. The third-order valence-corrected chi connectivity index (χ3v) is 2.13. The number of rotatable bonds is 0. The molecule has 0 atom stereocenters. The molecule has 0 saturated carbocycles. The Morgan fingerprint density at radius 3 is 3.00 bits per heavy atom. The highest BCUT2D eigenvalue weighted by atomic mass is 79.9. The number of hydrogen-bond donors (Lipinski definition) is 1. The van der Waals surface area contributed by atoms with E-state index in [4.69, 9.17) is 5.73 Å². The van der Waals surface area contributed by atoms with E-state index in [1.165, 1.54) is 6.07 Å². The summed E-state index contributed by atoms with van der Waals surface area (Å²) < 4.78 is 2.53. The van der Waals surface area contributed by atoms with Gasteiger partial charge < -0.3 is 5.73 Å². The van der Waals surface area contributed by atoms with Crippen LogP contribution in [0.25, 0.3) is 5.65 Å². The summed E-state index contributed by atoms with van der Waals surface area (Å²) in [6.45, 7) is 0. The molecule has 0 amide bonds. The van der Waals surface area contributed by atoms with E-state index in [0.29, 0.717) is 11.5 Å². The largest absolute Gasteiger partial charge is 0.385 e. The fourth-order valence-corrected chi connectivity index (χ4v) is 1.44. The topological polar surface area (TPSA) is 60.4 Å². The molecule has 0 saturated heterocycles. The maximum Gasteiger partial charge on any atom is 0.275 e. The molecule has 2 aromatic rings. The molecule has 4 nitrogen and oxygen atoms in total. The Hall–Kier alpha value is -1.36. The van der Waals surface area contributed by atoms with E-state index < -0.39 is 0 Å². The van der Waals surface area contributed by atoms with Gasteiger partial charge in [-0.2, -0.15) is 4.98 Å². The number of fused-ring (bicyclic) bond motifs is 1. The number of nitrogens with two attached hydrogens (primary N) is 1. The fraction of sp³-hybridized carbons (Fsp3) is 0. The average Bonchev–Trinajstić information content (AvgIpc) is 2.06. The molecule has 66 valence electrons. The maximum atomic E-state index is 11.0. The Morgan fingerprint density at radius 2 is 2.23 bits per heavy atom. The lowest BCUT2D eigenvalue weighted by atomic mass is 10.4. The summed E-state index contributed by atoms with van der Waals surface area (Å²) in [6.07, 6.45) is 1.76. The van der Waals surface area contributed by atoms with Crippen molar-refractivity contribution in [2.75, 3.05) is 5.73 Å². The molecule has 0 aliphatic rings. The number of nitrogens with zero attached hydrogens (tertiary/aromatic N) is 2. The Balaban J connectivity index is 2.95. The molecule has 0 aromatic carbocycles. The van der Waals surface area contributed by atoms with Gasteiger partial charge in [0.25, 0.3) is 5.56 Å². The van der Waals surface area contributed by atoms with Gasteiger partial charge in [-0.3, -0.25) is 9.20 Å². The number of pyridine rings is 1. The summed E-state index contributed by atoms with van der Waals surface area (Å²) in [5.41, 5.74) is 5.86. The van der Waals surface area contributed by atoms with Gasteiger partial charge in [-0.1, -0.05) is 0 Å². The van der Waals surface area contributed by atoms with E-state index in [-0.39, 0.29) is 5.56 Å². The molecule has 2 N–H and O–H groups in total. The lowest BCUT2D eigenvalue weighted by molar-refractivity contribution is 1.08. The summed E-state index contributed by atoms with van der Waals surface area (Å²) in [4.78, 5) is 14.8. The second-order valence-electron chi connectivity index (χ2n) is 2.59. The quantitative estimate of drug-likeness (QED) is 0.748. The highest BCUT2D eigenvalue weighted by Crippen LogP contribution is 2.11. The number of halogens is 1. The van der Waals surface area contributed by atoms with Gasteiger partial charge in [0.1, 0.15) is 11.5 Å². The highest BCUT2D eigenvalue weighted by Gasteiger charge is 1.98. The Bertz CT molecular complexity index is 520. The van der Waals surface area contributed by atoms with Crippen LogP contribution in [0.4, 0.5) is 5.82 Å². The molecule has 0 bridgehead atoms. The first-order valence-corrected chi connectivity index (χ1v) is 4.40. The van der Waals surface area contributed by atoms with E-state index in [9.17, 15) is 4.79 Å². The summed E-state index contributed by atoms with van der Waals surface area (Å²) in [7, 11) is 0. The second kappa shape index (κ2) is 2.85. The monoisotopic (exact) mass is 239 g/mol. The summed E-state index contributed by atoms with van der Waals surface area (Å²) in [5.74, 6) is 0.385. The molecule has 2 rings (SSSR count). The molecular formula is C8H6BrN3O. The van der Waals surface area contributed by atoms with Crippen LogP contribution in [-0.4, -0.2) is 9.38 Å². The first-order valence-electron chi connectivity index (χ1n) is 3.61. The van der Waals surface area contributed by atoms with Crippen LogP contribution in [0, 0.1) is 0 Å². The summed E-state index contributed by atoms with van der Waals surface area (Å²) in [5, 5.41) is 0. The minimum absolute atomic E-state index is 0.320. The van der Waals surface area contributed by atoms with Crippen LogP contribution in [0.3, 0.4) is 0 Å². The van der Waals surface area contributed by atoms with Crippen LogP contribution < -0.4 is 11.3 Å². The first kappa shape index (κ1) is 8.25. The zero-order valence-corrected chi connectivity index (χ0v) is 8.15. The van der Waals surface area contributed by atoms with Crippen molar-refractivity contribution in [1.29, 1.82) is 0 Å². The smallest absolute Gasteiger partial charge is 0.275 e. The molecule has 0 radical (unpaired) electrons. The van der Waals surface area contributed by atoms with Crippen LogP contribution in [0.15, 0.2) is 33.7 Å². The van der Waals surface area contributed by atoms with Gasteiger partial charge in [0.15, 0.2) is 0 Å². The predicted molar refractivity (Wildman–Crippen MR) is 53.6 cm³/mol. The molecule has 0 fully saturated rings. The van der Waals surface area contributed by atoms with E-state index in [2.05, 4.69) is 20.9 Å². The number of anilines is 1. The Morgan fingerprint density at radius 1 is 1.46 bits per heavy atom. The van der Waals surface area contributed by atoms with Crippen LogP contribution in [0.2, 0.25) is 0 Å². The maximum absolute atomic E-state index is 11.0. The summed E-state index contributed by atoms with van der Waals surface area (Å²) >= 11 is 3.30. The van der Waals surface area contributed by atoms with Gasteiger partial charge in [0.2, 0.25) is 0 Å². The highest BCUT2D eigenvalue weighted by molar-refractivity contribution is 9.10. The van der Waals surface area contributed by atoms with Crippen LogP contribution >= 0.6 is 15.9 Å². The molecule has 13 heavy (non-hydrogen) atoms. The van der Waals surface area contributed by atoms with Gasteiger partial charge in [-0.15, -0.1) is 0 Å². The van der Waals surface area contributed by atoms with E-state index in [1.807, 2.05) is 0 Å². The van der Waals surface area contributed by atoms with Gasteiger partial charge >= 0.3 is 0 Å². The average molecular weight is 240 g/mol. The minimum atomic E-state index is -0.320. The second-order valence-corrected chi connectivity index (χ2v) is 3.51.